The van der Waals surface area contributed by atoms with Crippen LogP contribution < -0.4 is 5.32 Å². The molecule has 2 fully saturated rings. The van der Waals surface area contributed by atoms with E-state index in [1.807, 2.05) is 0 Å². The molecule has 1 aliphatic heterocycles. The zero-order valence-corrected chi connectivity index (χ0v) is 15.9. The third-order valence-corrected chi connectivity index (χ3v) is 7.29. The van der Waals surface area contributed by atoms with E-state index in [-0.39, 0.29) is 17.9 Å². The number of hydrogen-bond acceptors (Lipinski definition) is 1. The largest absolute Gasteiger partial charge is 0.374 e. The van der Waals surface area contributed by atoms with E-state index in [1.54, 1.807) is 5.56 Å². The fourth-order valence-electron chi connectivity index (χ4n) is 6.41. The summed E-state index contributed by atoms with van der Waals surface area (Å²) in [6.07, 6.45) is 9.56. The van der Waals surface area contributed by atoms with Crippen molar-refractivity contribution in [1.29, 1.82) is 0 Å². The van der Waals surface area contributed by atoms with E-state index < -0.39 is 0 Å². The van der Waals surface area contributed by atoms with Crippen molar-refractivity contribution in [3.05, 3.63) is 65.2 Å². The summed E-state index contributed by atoms with van der Waals surface area (Å²) < 4.78 is 0. The Bertz CT molecular complexity index is 769. The topological polar surface area (TPSA) is 12.0 Å². The van der Waals surface area contributed by atoms with Crippen molar-refractivity contribution >= 4 is 18.1 Å². The van der Waals surface area contributed by atoms with Crippen LogP contribution in [-0.2, 0) is 11.0 Å². The van der Waals surface area contributed by atoms with Crippen LogP contribution in [0.25, 0.3) is 0 Å². The third-order valence-electron chi connectivity index (χ3n) is 7.29. The first kappa shape index (κ1) is 17.0. The van der Waals surface area contributed by atoms with E-state index in [4.69, 9.17) is 0 Å². The molecule has 2 heteroatoms. The Labute approximate surface area is 157 Å². The molecule has 2 aromatic carbocycles. The van der Waals surface area contributed by atoms with Gasteiger partial charge in [0.15, 0.2) is 0 Å². The third kappa shape index (κ3) is 2.08. The average molecular weight is 354 g/mol. The lowest BCUT2D eigenvalue weighted by molar-refractivity contribution is 0.0565. The summed E-state index contributed by atoms with van der Waals surface area (Å²) in [7, 11) is 0. The van der Waals surface area contributed by atoms with Gasteiger partial charge in [0.2, 0.25) is 0 Å². The molecule has 0 saturated heterocycles. The summed E-state index contributed by atoms with van der Waals surface area (Å²) in [6, 6.07) is 18.3. The highest BCUT2D eigenvalue weighted by molar-refractivity contribution is 5.85. The number of fused-ring (bicyclic) bond motifs is 1. The molecule has 25 heavy (non-hydrogen) atoms. The van der Waals surface area contributed by atoms with Gasteiger partial charge < -0.3 is 5.32 Å². The van der Waals surface area contributed by atoms with E-state index in [0.717, 1.165) is 5.92 Å². The lowest BCUT2D eigenvalue weighted by Gasteiger charge is -2.57. The summed E-state index contributed by atoms with van der Waals surface area (Å²) in [5, 5.41) is 4.12. The molecule has 1 spiro atoms. The van der Waals surface area contributed by atoms with Crippen LogP contribution in [0.3, 0.4) is 0 Å². The molecule has 0 radical (unpaired) electrons. The summed E-state index contributed by atoms with van der Waals surface area (Å²) in [5.74, 6) is 0.829. The van der Waals surface area contributed by atoms with Crippen LogP contribution in [0.5, 0.6) is 0 Å². The van der Waals surface area contributed by atoms with Crippen LogP contribution in [-0.4, -0.2) is 0 Å². The molecule has 132 valence electrons. The second-order valence-electron chi connectivity index (χ2n) is 8.20. The lowest BCUT2D eigenvalue weighted by atomic mass is 9.48. The molecule has 0 amide bonds. The summed E-state index contributed by atoms with van der Waals surface area (Å²) >= 11 is 0. The molecule has 1 N–H and O–H groups in total. The van der Waals surface area contributed by atoms with Gasteiger partial charge >= 0.3 is 0 Å². The number of halogens is 1. The van der Waals surface area contributed by atoms with Gasteiger partial charge in [-0.25, -0.2) is 0 Å². The minimum Gasteiger partial charge on any atom is -0.374 e. The van der Waals surface area contributed by atoms with Crippen molar-refractivity contribution in [2.24, 2.45) is 5.92 Å². The fraction of sp³-hybridized carbons (Fsp3) is 0.478. The Balaban J connectivity index is 0.00000157. The van der Waals surface area contributed by atoms with E-state index in [9.17, 15) is 0 Å². The first-order valence-corrected chi connectivity index (χ1v) is 9.72. The second kappa shape index (κ2) is 6.06. The Hall–Kier alpha value is -1.47. The molecule has 0 aromatic heterocycles. The molecule has 3 atom stereocenters. The maximum Gasteiger partial charge on any atom is 0.0725 e. The van der Waals surface area contributed by atoms with Crippen LogP contribution in [0.15, 0.2) is 48.5 Å². The fourth-order valence-corrected chi connectivity index (χ4v) is 6.41. The van der Waals surface area contributed by atoms with E-state index in [2.05, 4.69) is 60.8 Å². The number of para-hydroxylation sites is 1. The number of aryl methyl sites for hydroxylation is 1. The van der Waals surface area contributed by atoms with Crippen LogP contribution in [0.4, 0.5) is 5.69 Å². The standard InChI is InChI=1S/C23H27N.ClH/c1-17-9-7-14-20-21(17)24-23(19-11-3-2-4-12-19)16-8-13-18-10-5-6-15-22(18,20)23;/h2-4,7,9,11-12,14,18,24H,5-6,8,10,13,15-16H2,1H3;1H. The molecule has 2 aromatic rings. The zero-order chi connectivity index (χ0) is 16.2. The smallest absolute Gasteiger partial charge is 0.0725 e. The minimum absolute atomic E-state index is 0. The van der Waals surface area contributed by atoms with Crippen molar-refractivity contribution in [2.75, 3.05) is 5.32 Å². The Morgan fingerprint density at radius 1 is 0.880 bits per heavy atom. The zero-order valence-electron chi connectivity index (χ0n) is 15.1. The maximum absolute atomic E-state index is 4.12. The van der Waals surface area contributed by atoms with E-state index in [0.29, 0.717) is 5.41 Å². The van der Waals surface area contributed by atoms with Crippen molar-refractivity contribution < 1.29 is 0 Å². The number of benzene rings is 2. The van der Waals surface area contributed by atoms with Crippen molar-refractivity contribution in [1.82, 2.24) is 0 Å². The van der Waals surface area contributed by atoms with Gasteiger partial charge in [0, 0.05) is 11.1 Å². The molecule has 2 aliphatic carbocycles. The molecular weight excluding hydrogens is 326 g/mol. The van der Waals surface area contributed by atoms with Crippen molar-refractivity contribution in [2.45, 2.75) is 62.8 Å². The SMILES string of the molecule is Cc1cccc2c1NC1(c3ccccc3)CCCC3CCCCC231.Cl. The highest BCUT2D eigenvalue weighted by Gasteiger charge is 2.63. The molecule has 3 aliphatic rings. The number of hydrogen-bond donors (Lipinski definition) is 1. The van der Waals surface area contributed by atoms with Gasteiger partial charge in [0.05, 0.1) is 5.54 Å². The first-order chi connectivity index (χ1) is 11.8. The van der Waals surface area contributed by atoms with Crippen molar-refractivity contribution in [3.63, 3.8) is 0 Å². The number of nitrogens with one attached hydrogen (secondary N) is 1. The van der Waals surface area contributed by atoms with Crippen LogP contribution >= 0.6 is 12.4 Å². The van der Waals surface area contributed by atoms with Crippen LogP contribution in [0.2, 0.25) is 0 Å². The lowest BCUT2D eigenvalue weighted by Crippen LogP contribution is -2.57. The van der Waals surface area contributed by atoms with Gasteiger partial charge in [-0.05, 0) is 55.2 Å². The van der Waals surface area contributed by atoms with Gasteiger partial charge in [0.1, 0.15) is 0 Å². The normalized spacial score (nSPS) is 32.6. The average Bonchev–Trinajstić information content (AvgIpc) is 2.94. The molecule has 2 saturated carbocycles. The molecule has 3 unspecified atom stereocenters. The summed E-state index contributed by atoms with van der Waals surface area (Å²) in [4.78, 5) is 0. The van der Waals surface area contributed by atoms with Crippen LogP contribution in [0.1, 0.15) is 61.6 Å². The first-order valence-electron chi connectivity index (χ1n) is 9.72. The molecule has 0 bridgehead atoms. The monoisotopic (exact) mass is 353 g/mol. The Kier molecular flexibility index (Phi) is 4.11. The highest BCUT2D eigenvalue weighted by atomic mass is 35.5. The van der Waals surface area contributed by atoms with Gasteiger partial charge in [-0.15, -0.1) is 12.4 Å². The predicted octanol–water partition coefficient (Wildman–Crippen LogP) is 6.35. The van der Waals surface area contributed by atoms with Crippen molar-refractivity contribution in [3.8, 4) is 0 Å². The predicted molar refractivity (Wildman–Crippen MR) is 108 cm³/mol. The van der Waals surface area contributed by atoms with Gasteiger partial charge in [-0.1, -0.05) is 67.8 Å². The van der Waals surface area contributed by atoms with Gasteiger partial charge in [-0.2, -0.15) is 0 Å². The molecular formula is C23H28ClN. The molecule has 1 heterocycles. The Morgan fingerprint density at radius 2 is 1.68 bits per heavy atom. The van der Waals surface area contributed by atoms with E-state index >= 15 is 0 Å². The van der Waals surface area contributed by atoms with Gasteiger partial charge in [-0.3, -0.25) is 0 Å². The Morgan fingerprint density at radius 3 is 2.52 bits per heavy atom. The number of rotatable bonds is 1. The van der Waals surface area contributed by atoms with E-state index in [1.165, 1.54) is 61.8 Å². The number of anilines is 1. The second-order valence-corrected chi connectivity index (χ2v) is 8.20. The highest BCUT2D eigenvalue weighted by Crippen LogP contribution is 2.66. The molecule has 5 rings (SSSR count). The summed E-state index contributed by atoms with van der Waals surface area (Å²) in [5.41, 5.74) is 6.38. The quantitative estimate of drug-likeness (QED) is 0.629. The van der Waals surface area contributed by atoms with Gasteiger partial charge in [0.25, 0.3) is 0 Å². The van der Waals surface area contributed by atoms with Crippen LogP contribution in [0, 0.1) is 12.8 Å². The summed E-state index contributed by atoms with van der Waals surface area (Å²) in [6.45, 7) is 2.27. The maximum atomic E-state index is 4.12. The molecule has 1 nitrogen and oxygen atoms in total. The minimum atomic E-state index is 0.